The first-order valence-electron chi connectivity index (χ1n) is 6.70. The van der Waals surface area contributed by atoms with Crippen molar-refractivity contribution in [1.82, 2.24) is 10.3 Å². The molecule has 116 valence electrons. The lowest BCUT2D eigenvalue weighted by Crippen LogP contribution is -2.27. The predicted molar refractivity (Wildman–Crippen MR) is 80.6 cm³/mol. The van der Waals surface area contributed by atoms with Crippen LogP contribution in [0, 0.1) is 0 Å². The molecule has 1 aromatic heterocycles. The summed E-state index contributed by atoms with van der Waals surface area (Å²) in [6, 6.07) is 3.03. The standard InChI is InChI=1S/C14H20N2O4S/c1-10(2)20-8-4-7-15-12(17)9-21-13-11(14(18)19)5-3-6-16-13/h3,5-6,10H,4,7-9H2,1-2H3,(H,15,17)(H,18,19). The van der Waals surface area contributed by atoms with Crippen molar-refractivity contribution in [3.8, 4) is 0 Å². The summed E-state index contributed by atoms with van der Waals surface area (Å²) >= 11 is 1.12. The number of carbonyl (C=O) groups is 2. The minimum absolute atomic E-state index is 0.112. The van der Waals surface area contributed by atoms with Gasteiger partial charge in [0.05, 0.1) is 17.4 Å². The summed E-state index contributed by atoms with van der Waals surface area (Å²) in [5, 5.41) is 12.1. The average Bonchev–Trinajstić information content (AvgIpc) is 2.44. The van der Waals surface area contributed by atoms with E-state index in [0.29, 0.717) is 18.2 Å². The number of aromatic nitrogens is 1. The number of nitrogens with one attached hydrogen (secondary N) is 1. The minimum Gasteiger partial charge on any atom is -0.478 e. The number of hydrogen-bond acceptors (Lipinski definition) is 5. The van der Waals surface area contributed by atoms with Crippen molar-refractivity contribution < 1.29 is 19.4 Å². The number of nitrogens with zero attached hydrogens (tertiary/aromatic N) is 1. The third-order valence-corrected chi connectivity index (χ3v) is 3.44. The van der Waals surface area contributed by atoms with Gasteiger partial charge in [0.15, 0.2) is 0 Å². The van der Waals surface area contributed by atoms with Crippen LogP contribution < -0.4 is 5.32 Å². The lowest BCUT2D eigenvalue weighted by atomic mass is 10.3. The number of carboxylic acids is 1. The Morgan fingerprint density at radius 2 is 2.24 bits per heavy atom. The molecule has 0 radical (unpaired) electrons. The molecule has 0 bridgehead atoms. The Balaban J connectivity index is 2.29. The van der Waals surface area contributed by atoms with Crippen LogP contribution in [0.5, 0.6) is 0 Å². The normalized spacial score (nSPS) is 10.6. The third-order valence-electron chi connectivity index (χ3n) is 2.44. The van der Waals surface area contributed by atoms with Crippen LogP contribution in [-0.2, 0) is 9.53 Å². The first-order chi connectivity index (χ1) is 10.0. The van der Waals surface area contributed by atoms with E-state index >= 15 is 0 Å². The Bertz CT molecular complexity index is 480. The maximum Gasteiger partial charge on any atom is 0.338 e. The van der Waals surface area contributed by atoms with E-state index in [4.69, 9.17) is 9.84 Å². The lowest BCUT2D eigenvalue weighted by molar-refractivity contribution is -0.118. The van der Waals surface area contributed by atoms with E-state index < -0.39 is 5.97 Å². The summed E-state index contributed by atoms with van der Waals surface area (Å²) in [6.07, 6.45) is 2.45. The van der Waals surface area contributed by atoms with Crippen molar-refractivity contribution in [3.63, 3.8) is 0 Å². The summed E-state index contributed by atoms with van der Waals surface area (Å²) < 4.78 is 5.36. The van der Waals surface area contributed by atoms with Gasteiger partial charge in [-0.05, 0) is 32.4 Å². The molecule has 6 nitrogen and oxygen atoms in total. The first-order valence-corrected chi connectivity index (χ1v) is 7.68. The molecule has 1 heterocycles. The monoisotopic (exact) mass is 312 g/mol. The fourth-order valence-electron chi connectivity index (χ4n) is 1.47. The number of pyridine rings is 1. The molecule has 0 fully saturated rings. The molecule has 0 unspecified atom stereocenters. The van der Waals surface area contributed by atoms with Gasteiger partial charge in [0.1, 0.15) is 5.03 Å². The molecule has 0 aromatic carbocycles. The molecular formula is C14H20N2O4S. The van der Waals surface area contributed by atoms with E-state index in [9.17, 15) is 9.59 Å². The quantitative estimate of drug-likeness (QED) is 0.534. The molecule has 0 aliphatic rings. The number of hydrogen-bond donors (Lipinski definition) is 2. The maximum atomic E-state index is 11.6. The highest BCUT2D eigenvalue weighted by atomic mass is 32.2. The zero-order valence-corrected chi connectivity index (χ0v) is 13.0. The number of aromatic carboxylic acids is 1. The Labute approximate surface area is 128 Å². The van der Waals surface area contributed by atoms with Gasteiger partial charge in [0.2, 0.25) is 5.91 Å². The Hall–Kier alpha value is -1.60. The fraction of sp³-hybridized carbons (Fsp3) is 0.500. The topological polar surface area (TPSA) is 88.5 Å². The van der Waals surface area contributed by atoms with Crippen LogP contribution in [0.1, 0.15) is 30.6 Å². The average molecular weight is 312 g/mol. The highest BCUT2D eigenvalue weighted by molar-refractivity contribution is 8.00. The summed E-state index contributed by atoms with van der Waals surface area (Å²) in [7, 11) is 0. The molecule has 7 heteroatoms. The zero-order chi connectivity index (χ0) is 15.7. The van der Waals surface area contributed by atoms with E-state index in [1.165, 1.54) is 12.3 Å². The summed E-state index contributed by atoms with van der Waals surface area (Å²) in [6.45, 7) is 5.07. The highest BCUT2D eigenvalue weighted by Crippen LogP contribution is 2.19. The van der Waals surface area contributed by atoms with Gasteiger partial charge in [-0.3, -0.25) is 4.79 Å². The van der Waals surface area contributed by atoms with Crippen molar-refractivity contribution in [1.29, 1.82) is 0 Å². The SMILES string of the molecule is CC(C)OCCCNC(=O)CSc1ncccc1C(=O)O. The smallest absolute Gasteiger partial charge is 0.338 e. The lowest BCUT2D eigenvalue weighted by Gasteiger charge is -2.08. The van der Waals surface area contributed by atoms with Crippen LogP contribution >= 0.6 is 11.8 Å². The molecule has 0 aliphatic heterocycles. The number of amides is 1. The van der Waals surface area contributed by atoms with Gasteiger partial charge in [0, 0.05) is 19.3 Å². The van der Waals surface area contributed by atoms with Gasteiger partial charge >= 0.3 is 5.97 Å². The maximum absolute atomic E-state index is 11.6. The first kappa shape index (κ1) is 17.5. The second-order valence-corrected chi connectivity index (χ2v) is 5.54. The fourth-order valence-corrected chi connectivity index (χ4v) is 2.29. The highest BCUT2D eigenvalue weighted by Gasteiger charge is 2.12. The molecule has 0 saturated carbocycles. The Kier molecular flexibility index (Phi) is 7.78. The van der Waals surface area contributed by atoms with Gasteiger partial charge in [-0.15, -0.1) is 0 Å². The van der Waals surface area contributed by atoms with E-state index in [1.807, 2.05) is 13.8 Å². The molecule has 0 saturated heterocycles. The molecule has 0 aliphatic carbocycles. The predicted octanol–water partition coefficient (Wildman–Crippen LogP) is 1.80. The summed E-state index contributed by atoms with van der Waals surface area (Å²) in [4.78, 5) is 26.6. The van der Waals surface area contributed by atoms with E-state index in [0.717, 1.165) is 18.2 Å². The number of carboxylic acid groups (broad SMARTS) is 1. The molecular weight excluding hydrogens is 292 g/mol. The largest absolute Gasteiger partial charge is 0.478 e. The second kappa shape index (κ2) is 9.36. The molecule has 21 heavy (non-hydrogen) atoms. The van der Waals surface area contributed by atoms with Crippen molar-refractivity contribution in [2.75, 3.05) is 18.9 Å². The molecule has 2 N–H and O–H groups in total. The van der Waals surface area contributed by atoms with Crippen LogP contribution in [0.2, 0.25) is 0 Å². The van der Waals surface area contributed by atoms with Gasteiger partial charge in [-0.1, -0.05) is 11.8 Å². The summed E-state index contributed by atoms with van der Waals surface area (Å²) in [5.74, 6) is -1.05. The van der Waals surface area contributed by atoms with Gasteiger partial charge in [-0.25, -0.2) is 9.78 Å². The Morgan fingerprint density at radius 1 is 1.48 bits per heavy atom. The van der Waals surface area contributed by atoms with Gasteiger partial charge in [-0.2, -0.15) is 0 Å². The van der Waals surface area contributed by atoms with Crippen LogP contribution in [0.15, 0.2) is 23.4 Å². The van der Waals surface area contributed by atoms with Crippen molar-refractivity contribution in [3.05, 3.63) is 23.9 Å². The van der Waals surface area contributed by atoms with Crippen LogP contribution in [0.25, 0.3) is 0 Å². The van der Waals surface area contributed by atoms with Crippen molar-refractivity contribution >= 4 is 23.6 Å². The molecule has 0 atom stereocenters. The van der Waals surface area contributed by atoms with Gasteiger partial charge < -0.3 is 15.2 Å². The Morgan fingerprint density at radius 3 is 2.90 bits per heavy atom. The van der Waals surface area contributed by atoms with Crippen LogP contribution in [0.4, 0.5) is 0 Å². The number of carbonyl (C=O) groups excluding carboxylic acids is 1. The van der Waals surface area contributed by atoms with E-state index in [-0.39, 0.29) is 23.3 Å². The van der Waals surface area contributed by atoms with Crippen molar-refractivity contribution in [2.24, 2.45) is 0 Å². The minimum atomic E-state index is -1.04. The van der Waals surface area contributed by atoms with Crippen LogP contribution in [-0.4, -0.2) is 47.0 Å². The molecule has 1 rings (SSSR count). The third kappa shape index (κ3) is 7.10. The molecule has 0 spiro atoms. The number of ether oxygens (including phenoxy) is 1. The van der Waals surface area contributed by atoms with Gasteiger partial charge in [0.25, 0.3) is 0 Å². The zero-order valence-electron chi connectivity index (χ0n) is 12.2. The second-order valence-electron chi connectivity index (χ2n) is 4.57. The number of rotatable bonds is 9. The number of thioether (sulfide) groups is 1. The van der Waals surface area contributed by atoms with Crippen LogP contribution in [0.3, 0.4) is 0 Å². The van der Waals surface area contributed by atoms with E-state index in [2.05, 4.69) is 10.3 Å². The summed E-state index contributed by atoms with van der Waals surface area (Å²) in [5.41, 5.74) is 0.112. The van der Waals surface area contributed by atoms with E-state index in [1.54, 1.807) is 6.07 Å². The van der Waals surface area contributed by atoms with Crippen molar-refractivity contribution in [2.45, 2.75) is 31.4 Å². The molecule has 1 aromatic rings. The molecule has 1 amide bonds.